The van der Waals surface area contributed by atoms with Crippen LogP contribution in [0.3, 0.4) is 0 Å². The second-order valence-electron chi connectivity index (χ2n) is 18.6. The predicted octanol–water partition coefficient (Wildman–Crippen LogP) is 2.00. The first-order valence-electron chi connectivity index (χ1n) is 25.7. The van der Waals surface area contributed by atoms with E-state index in [0.717, 1.165) is 0 Å². The normalized spacial score (nSPS) is 14.2. The molecule has 4 aromatic carbocycles. The number of carbonyl (C=O) groups excluding carboxylic acids is 4. The SMILES string of the molecule is CCOC(=O)COc1c2cccc1CC1=CC(=Nc3c(C)cc(N(CC)CC)cc3S(=O)(=O)[O-])C=C(Cc3cccc(c3OCC(=O)OCC)CC3=CC(=Nc4c(C)cc(N(CC)CC)cc4S(=O)(=O)[O-])C=C(C2)C3=O)C1=O.[K+].[K+]. The van der Waals surface area contributed by atoms with Gasteiger partial charge in [-0.2, -0.15) is 0 Å². The van der Waals surface area contributed by atoms with E-state index in [4.69, 9.17) is 28.9 Å². The zero-order chi connectivity index (χ0) is 56.6. The number of esters is 2. The monoisotopic (exact) mass is 1180 g/mol. The number of anilines is 2. The first-order chi connectivity index (χ1) is 37.1. The third-order valence-electron chi connectivity index (χ3n) is 13.4. The van der Waals surface area contributed by atoms with E-state index in [1.807, 2.05) is 37.5 Å². The number of benzene rings is 4. The molecule has 18 nitrogen and oxygen atoms in total. The molecule has 0 fully saturated rings. The van der Waals surface area contributed by atoms with Crippen molar-refractivity contribution in [2.45, 2.75) is 90.9 Å². The van der Waals surface area contributed by atoms with Gasteiger partial charge in [0.1, 0.15) is 31.7 Å². The van der Waals surface area contributed by atoms with Crippen molar-refractivity contribution in [1.82, 2.24) is 0 Å². The number of hydrogen-bond donors (Lipinski definition) is 0. The molecule has 0 saturated heterocycles. The van der Waals surface area contributed by atoms with Gasteiger partial charge in [0.25, 0.3) is 0 Å². The van der Waals surface area contributed by atoms with Crippen LogP contribution in [0, 0.1) is 13.8 Å². The predicted molar refractivity (Wildman–Crippen MR) is 294 cm³/mol. The number of nitrogens with zero attached hydrogens (tertiary/aromatic N) is 4. The number of aryl methyl sites for hydroxylation is 2. The van der Waals surface area contributed by atoms with E-state index >= 15 is 0 Å². The van der Waals surface area contributed by atoms with Crippen molar-refractivity contribution in [3.63, 3.8) is 0 Å². The van der Waals surface area contributed by atoms with E-state index in [-0.39, 0.29) is 198 Å². The quantitative estimate of drug-likeness (QED) is 0.0598. The Morgan fingerprint density at radius 1 is 0.525 bits per heavy atom. The van der Waals surface area contributed by atoms with Crippen molar-refractivity contribution in [3.05, 3.63) is 141 Å². The van der Waals surface area contributed by atoms with Gasteiger partial charge in [-0.05, 0) is 137 Å². The molecule has 0 amide bonds. The van der Waals surface area contributed by atoms with Crippen LogP contribution in [0.15, 0.2) is 127 Å². The molecule has 8 bridgehead atoms. The van der Waals surface area contributed by atoms with Crippen molar-refractivity contribution in [2.24, 2.45) is 9.98 Å². The summed E-state index contributed by atoms with van der Waals surface area (Å²) in [4.78, 5) is 68.1. The summed E-state index contributed by atoms with van der Waals surface area (Å²) in [6.45, 7) is 15.3. The Bertz CT molecular complexity index is 3180. The summed E-state index contributed by atoms with van der Waals surface area (Å²) in [5.41, 5.74) is 4.06. The molecule has 0 unspecified atom stereocenters. The molecule has 412 valence electrons. The van der Waals surface area contributed by atoms with E-state index in [0.29, 0.717) is 70.9 Å². The summed E-state index contributed by atoms with van der Waals surface area (Å²) < 4.78 is 101. The Morgan fingerprint density at radius 2 is 0.825 bits per heavy atom. The van der Waals surface area contributed by atoms with Crippen LogP contribution < -0.4 is 122 Å². The number of carbonyl (C=O) groups is 4. The zero-order valence-electron chi connectivity index (χ0n) is 46.9. The third-order valence-corrected chi connectivity index (χ3v) is 15.1. The van der Waals surface area contributed by atoms with Gasteiger partial charge >= 0.3 is 115 Å². The van der Waals surface area contributed by atoms with Gasteiger partial charge in [0.05, 0.1) is 45.8 Å². The van der Waals surface area contributed by atoms with E-state index in [9.17, 15) is 45.1 Å². The molecular formula is C58H62K2N4O14S2. The minimum Gasteiger partial charge on any atom is -0.744 e. The maximum absolute atomic E-state index is 15.0. The van der Waals surface area contributed by atoms with E-state index in [2.05, 4.69) is 0 Å². The number of ketones is 2. The van der Waals surface area contributed by atoms with E-state index in [1.165, 1.54) is 36.4 Å². The molecule has 0 atom stereocenters. The van der Waals surface area contributed by atoms with Gasteiger partial charge in [-0.15, -0.1) is 0 Å². The maximum Gasteiger partial charge on any atom is 1.00 e. The summed E-state index contributed by atoms with van der Waals surface area (Å²) >= 11 is 0. The molecule has 0 N–H and O–H groups in total. The molecule has 0 aliphatic heterocycles. The number of Topliss-reactive ketones (excluding diaryl/α,β-unsaturated/α-hetero) is 2. The fourth-order valence-electron chi connectivity index (χ4n) is 9.74. The molecule has 0 radical (unpaired) electrons. The van der Waals surface area contributed by atoms with E-state index in [1.54, 1.807) is 76.2 Å². The van der Waals surface area contributed by atoms with Crippen LogP contribution in [0.1, 0.15) is 74.9 Å². The summed E-state index contributed by atoms with van der Waals surface area (Å²) in [7, 11) is -10.2. The van der Waals surface area contributed by atoms with Gasteiger partial charge in [0.2, 0.25) is 0 Å². The molecule has 0 saturated carbocycles. The molecule has 22 heteroatoms. The third kappa shape index (κ3) is 16.1. The average Bonchev–Trinajstić information content (AvgIpc) is 3.44. The molecule has 7 rings (SSSR count). The minimum absolute atomic E-state index is 0. The van der Waals surface area contributed by atoms with Gasteiger partial charge in [-0.3, -0.25) is 9.59 Å². The van der Waals surface area contributed by atoms with Gasteiger partial charge in [0.15, 0.2) is 24.8 Å². The summed E-state index contributed by atoms with van der Waals surface area (Å²) in [6.07, 6.45) is 5.35. The summed E-state index contributed by atoms with van der Waals surface area (Å²) in [5.74, 6) is -1.97. The summed E-state index contributed by atoms with van der Waals surface area (Å²) in [6, 6.07) is 16.2. The van der Waals surface area contributed by atoms with Crippen molar-refractivity contribution < 1.29 is 167 Å². The van der Waals surface area contributed by atoms with Crippen molar-refractivity contribution in [3.8, 4) is 11.5 Å². The second kappa shape index (κ2) is 29.3. The number of ether oxygens (including phenoxy) is 4. The Morgan fingerprint density at radius 3 is 1.09 bits per heavy atom. The first kappa shape index (κ1) is 66.6. The Labute approximate surface area is 553 Å². The molecule has 0 spiro atoms. The van der Waals surface area contributed by atoms with Gasteiger partial charge in [0, 0.05) is 85.5 Å². The minimum atomic E-state index is -5.10. The number of allylic oxidation sites excluding steroid dienone is 8. The standard InChI is InChI=1S/C58H64N4O14S2.2K/c1-9-61(10-2)47-21-35(7)53(49(31-47)77(67,68)69)59-45-27-41-23-37-17-15-19-39(57(37)75-33-51(63)73-13-5)25-43-29-46(60-54-36(8)22-48(62(11-3)12-4)32-50(54)78(70,71)72)30-44(56(43)66)26-40-20-16-18-38(24-42(28-45)55(41)65)58(40)76-34-52(64)74-14-6;;/h15-22,27-32H,9-14,23-26,33-34H2,1-8H3,(H,67,68,69)(H,70,71,72);;/q;2*+1/p-2. The topological polar surface area (TPSA) is 251 Å². The number of fused-ring (bicyclic) bond motifs is 8. The van der Waals surface area contributed by atoms with Crippen molar-refractivity contribution in [1.29, 1.82) is 0 Å². The summed E-state index contributed by atoms with van der Waals surface area (Å²) in [5, 5.41) is 0. The van der Waals surface area contributed by atoms with Crippen LogP contribution in [0.4, 0.5) is 22.7 Å². The molecule has 0 aromatic heterocycles. The molecule has 4 aromatic rings. The Hall–Kier alpha value is -4.25. The molecule has 3 aliphatic rings. The largest absolute Gasteiger partial charge is 1.00 e. The average molecular weight is 1180 g/mol. The first-order valence-corrected chi connectivity index (χ1v) is 28.5. The molecule has 0 heterocycles. The number of hydrogen-bond acceptors (Lipinski definition) is 18. The molecule has 3 aliphatic carbocycles. The van der Waals surface area contributed by atoms with Gasteiger partial charge in [-0.25, -0.2) is 36.4 Å². The Balaban J connectivity index is 0.00000588. The van der Waals surface area contributed by atoms with Crippen LogP contribution >= 0.6 is 0 Å². The Kier molecular flexibility index (Phi) is 24.4. The van der Waals surface area contributed by atoms with Gasteiger partial charge in [-0.1, -0.05) is 36.4 Å². The number of para-hydroxylation sites is 2. The van der Waals surface area contributed by atoms with Crippen LogP contribution in [-0.4, -0.2) is 113 Å². The maximum atomic E-state index is 15.0. The van der Waals surface area contributed by atoms with Crippen LogP contribution in [0.2, 0.25) is 0 Å². The van der Waals surface area contributed by atoms with Crippen LogP contribution in [0.5, 0.6) is 11.5 Å². The van der Waals surface area contributed by atoms with Crippen molar-refractivity contribution >= 4 is 77.9 Å². The van der Waals surface area contributed by atoms with Crippen LogP contribution in [0.25, 0.3) is 0 Å². The molecular weight excluding hydrogens is 1120 g/mol. The number of rotatable bonds is 18. The molecule has 80 heavy (non-hydrogen) atoms. The second-order valence-corrected chi connectivity index (χ2v) is 21.3. The van der Waals surface area contributed by atoms with Crippen molar-refractivity contribution in [2.75, 3.05) is 62.4 Å². The number of aliphatic imine (C=N–C) groups is 2. The zero-order valence-corrected chi connectivity index (χ0v) is 54.8. The smallest absolute Gasteiger partial charge is 0.744 e. The fraction of sp³-hybridized carbons (Fsp3) is 0.345. The fourth-order valence-corrected chi connectivity index (χ4v) is 11.2. The van der Waals surface area contributed by atoms with Gasteiger partial charge < -0.3 is 37.9 Å². The van der Waals surface area contributed by atoms with E-state index < -0.39 is 66.7 Å². The van der Waals surface area contributed by atoms with Crippen LogP contribution in [-0.2, 0) is 74.6 Å².